The van der Waals surface area contributed by atoms with Crippen LogP contribution in [-0.4, -0.2) is 12.3 Å². The van der Waals surface area contributed by atoms with Crippen LogP contribution in [-0.2, 0) is 4.79 Å². The van der Waals surface area contributed by atoms with Crippen molar-refractivity contribution in [3.05, 3.63) is 23.8 Å². The van der Waals surface area contributed by atoms with Crippen molar-refractivity contribution in [1.29, 1.82) is 0 Å². The number of alkyl halides is 3. The van der Waals surface area contributed by atoms with Crippen LogP contribution in [0.5, 0.6) is 11.5 Å². The van der Waals surface area contributed by atoms with Gasteiger partial charge in [0, 0.05) is 12.1 Å². The smallest absolute Gasteiger partial charge is 0.426 e. The van der Waals surface area contributed by atoms with Crippen LogP contribution in [0, 0.1) is 35.3 Å². The van der Waals surface area contributed by atoms with Crippen molar-refractivity contribution in [3.8, 4) is 11.5 Å². The number of halogens is 5. The molecule has 0 saturated heterocycles. The molecule has 2 aliphatic rings. The lowest BCUT2D eigenvalue weighted by atomic mass is 9.69. The maximum atomic E-state index is 13.8. The third-order valence-corrected chi connectivity index (χ3v) is 6.77. The van der Waals surface area contributed by atoms with Crippen molar-refractivity contribution >= 4 is 5.97 Å². The molecule has 2 saturated carbocycles. The highest BCUT2D eigenvalue weighted by molar-refractivity contribution is 5.75. The molecule has 0 aliphatic heterocycles. The average molecular weight is 448 g/mol. The number of ether oxygens (including phenoxy) is 2. The lowest BCUT2D eigenvalue weighted by molar-refractivity contribution is -0.276. The van der Waals surface area contributed by atoms with Gasteiger partial charge in [-0.3, -0.25) is 4.79 Å². The van der Waals surface area contributed by atoms with E-state index < -0.39 is 35.5 Å². The Bertz CT molecular complexity index is 725. The zero-order valence-corrected chi connectivity index (χ0v) is 17.6. The standard InChI is InChI=1S/C23H29F5O3/c1-2-3-14-4-6-15(7-5-14)16-8-10-17(11-9-16)22(29)30-18-12-19(24)21(20(25)13-18)31-23(26,27)28/h12-17H,2-11H2,1H3/t14-,15-,16?,17?. The normalized spacial score (nSPS) is 27.0. The molecule has 0 aromatic heterocycles. The summed E-state index contributed by atoms with van der Waals surface area (Å²) >= 11 is 0. The van der Waals surface area contributed by atoms with Gasteiger partial charge < -0.3 is 9.47 Å². The first-order chi connectivity index (χ1) is 14.7. The Labute approximate surface area is 179 Å². The molecule has 0 amide bonds. The van der Waals surface area contributed by atoms with E-state index in [9.17, 15) is 26.7 Å². The minimum atomic E-state index is -5.23. The summed E-state index contributed by atoms with van der Waals surface area (Å²) in [5.74, 6) is -4.02. The third-order valence-electron chi connectivity index (χ3n) is 6.77. The van der Waals surface area contributed by atoms with Crippen LogP contribution < -0.4 is 9.47 Å². The highest BCUT2D eigenvalue weighted by Gasteiger charge is 2.35. The quantitative estimate of drug-likeness (QED) is 0.263. The zero-order valence-electron chi connectivity index (χ0n) is 17.6. The summed E-state index contributed by atoms with van der Waals surface area (Å²) in [5.41, 5.74) is 0. The van der Waals surface area contributed by atoms with Gasteiger partial charge in [0.05, 0.1) is 5.92 Å². The number of carbonyl (C=O) groups is 1. The monoisotopic (exact) mass is 448 g/mol. The summed E-state index contributed by atoms with van der Waals surface area (Å²) in [6.07, 6.45) is 5.51. The molecule has 0 bridgehead atoms. The first-order valence-corrected chi connectivity index (χ1v) is 11.1. The van der Waals surface area contributed by atoms with Gasteiger partial charge in [-0.2, -0.15) is 0 Å². The number of esters is 1. The minimum absolute atomic E-state index is 0.370. The fourth-order valence-electron chi connectivity index (χ4n) is 5.19. The Hall–Kier alpha value is -1.86. The number of hydrogen-bond donors (Lipinski definition) is 0. The lowest BCUT2D eigenvalue weighted by Gasteiger charge is -2.37. The van der Waals surface area contributed by atoms with Gasteiger partial charge in [-0.25, -0.2) is 8.78 Å². The molecule has 1 aromatic carbocycles. The van der Waals surface area contributed by atoms with Gasteiger partial charge >= 0.3 is 12.3 Å². The van der Waals surface area contributed by atoms with Crippen LogP contribution in [0.2, 0.25) is 0 Å². The molecule has 3 nitrogen and oxygen atoms in total. The highest BCUT2D eigenvalue weighted by Crippen LogP contribution is 2.42. The maximum absolute atomic E-state index is 13.8. The molecule has 0 heterocycles. The molecule has 0 N–H and O–H groups in total. The van der Waals surface area contributed by atoms with Crippen LogP contribution in [0.4, 0.5) is 22.0 Å². The van der Waals surface area contributed by atoms with Crippen molar-refractivity contribution in [2.24, 2.45) is 23.7 Å². The molecule has 2 aliphatic carbocycles. The zero-order chi connectivity index (χ0) is 22.6. The van der Waals surface area contributed by atoms with Gasteiger partial charge in [0.15, 0.2) is 11.6 Å². The van der Waals surface area contributed by atoms with E-state index in [-0.39, 0.29) is 5.92 Å². The predicted molar refractivity (Wildman–Crippen MR) is 104 cm³/mol. The summed E-state index contributed by atoms with van der Waals surface area (Å²) in [7, 11) is 0. The van der Waals surface area contributed by atoms with Gasteiger partial charge in [-0.1, -0.05) is 32.6 Å². The molecule has 0 unspecified atom stereocenters. The summed E-state index contributed by atoms with van der Waals surface area (Å²) in [5, 5.41) is 0. The number of hydrogen-bond acceptors (Lipinski definition) is 3. The molecule has 31 heavy (non-hydrogen) atoms. The topological polar surface area (TPSA) is 35.5 Å². The molecule has 2 fully saturated rings. The molecule has 3 rings (SSSR count). The Balaban J connectivity index is 1.50. The fraction of sp³-hybridized carbons (Fsp3) is 0.696. The van der Waals surface area contributed by atoms with E-state index in [1.54, 1.807) is 0 Å². The van der Waals surface area contributed by atoms with Crippen molar-refractivity contribution in [3.63, 3.8) is 0 Å². The summed E-state index contributed by atoms with van der Waals surface area (Å²) in [6, 6.07) is 1.06. The van der Waals surface area contributed by atoms with E-state index in [0.29, 0.717) is 36.8 Å². The maximum Gasteiger partial charge on any atom is 0.573 e. The van der Waals surface area contributed by atoms with Crippen LogP contribution in [0.25, 0.3) is 0 Å². The minimum Gasteiger partial charge on any atom is -0.426 e. The lowest BCUT2D eigenvalue weighted by Crippen LogP contribution is -2.30. The molecule has 174 valence electrons. The summed E-state index contributed by atoms with van der Waals surface area (Å²) in [4.78, 5) is 12.4. The molecule has 0 atom stereocenters. The van der Waals surface area contributed by atoms with E-state index in [1.165, 1.54) is 38.5 Å². The van der Waals surface area contributed by atoms with E-state index in [1.807, 2.05) is 0 Å². The van der Waals surface area contributed by atoms with Gasteiger partial charge in [-0.05, 0) is 56.3 Å². The van der Waals surface area contributed by atoms with Gasteiger partial charge in [-0.15, -0.1) is 13.2 Å². The number of carbonyl (C=O) groups excluding carboxylic acids is 1. The Morgan fingerprint density at radius 1 is 0.935 bits per heavy atom. The van der Waals surface area contributed by atoms with E-state index in [2.05, 4.69) is 11.7 Å². The fourth-order valence-corrected chi connectivity index (χ4v) is 5.19. The van der Waals surface area contributed by atoms with Crippen molar-refractivity contribution in [1.82, 2.24) is 0 Å². The van der Waals surface area contributed by atoms with Crippen LogP contribution in [0.1, 0.15) is 71.1 Å². The molecule has 0 radical (unpaired) electrons. The Morgan fingerprint density at radius 3 is 1.94 bits per heavy atom. The largest absolute Gasteiger partial charge is 0.573 e. The van der Waals surface area contributed by atoms with E-state index in [0.717, 1.165) is 18.8 Å². The molecular weight excluding hydrogens is 419 g/mol. The molecule has 1 aromatic rings. The van der Waals surface area contributed by atoms with Crippen molar-refractivity contribution in [2.75, 3.05) is 0 Å². The number of rotatable bonds is 6. The second kappa shape index (κ2) is 10.2. The van der Waals surface area contributed by atoms with Crippen molar-refractivity contribution in [2.45, 2.75) is 77.5 Å². The second-order valence-electron chi connectivity index (χ2n) is 8.87. The SMILES string of the molecule is CCC[C@H]1CC[C@H](C2CCC(C(=O)Oc3cc(F)c(OC(F)(F)F)c(F)c3)CC2)CC1. The second-order valence-corrected chi connectivity index (χ2v) is 8.87. The van der Waals surface area contributed by atoms with Gasteiger partial charge in [0.25, 0.3) is 0 Å². The van der Waals surface area contributed by atoms with E-state index in [4.69, 9.17) is 4.74 Å². The first-order valence-electron chi connectivity index (χ1n) is 11.1. The predicted octanol–water partition coefficient (Wildman–Crippen LogP) is 7.18. The van der Waals surface area contributed by atoms with Gasteiger partial charge in [0.1, 0.15) is 5.75 Å². The van der Waals surface area contributed by atoms with Crippen LogP contribution in [0.15, 0.2) is 12.1 Å². The number of benzene rings is 1. The third kappa shape index (κ3) is 6.56. The average Bonchev–Trinajstić information content (AvgIpc) is 2.71. The summed E-state index contributed by atoms with van der Waals surface area (Å²) < 4.78 is 72.7. The summed E-state index contributed by atoms with van der Waals surface area (Å²) in [6.45, 7) is 2.22. The molecule has 8 heteroatoms. The Kier molecular flexibility index (Phi) is 7.81. The molecular formula is C23H29F5O3. The molecule has 0 spiro atoms. The van der Waals surface area contributed by atoms with Crippen LogP contribution >= 0.6 is 0 Å². The Morgan fingerprint density at radius 2 is 1.45 bits per heavy atom. The van der Waals surface area contributed by atoms with Crippen molar-refractivity contribution < 1.29 is 36.2 Å². The van der Waals surface area contributed by atoms with Gasteiger partial charge in [0.2, 0.25) is 5.75 Å². The van der Waals surface area contributed by atoms with Crippen LogP contribution in [0.3, 0.4) is 0 Å². The van der Waals surface area contributed by atoms with E-state index >= 15 is 0 Å². The highest BCUT2D eigenvalue weighted by atomic mass is 19.4. The first kappa shape index (κ1) is 23.8.